The number of benzene rings is 2. The molecule has 1 atom stereocenters. The smallest absolute Gasteiger partial charge is 0.305 e. The first-order valence-electron chi connectivity index (χ1n) is 10.8. The zero-order chi connectivity index (χ0) is 22.6. The number of amides is 1. The summed E-state index contributed by atoms with van der Waals surface area (Å²) in [5.41, 5.74) is 4.04. The average molecular weight is 440 g/mol. The minimum absolute atomic E-state index is 0.0579. The van der Waals surface area contributed by atoms with Crippen LogP contribution in [0.4, 0.5) is 0 Å². The molecule has 0 bridgehead atoms. The van der Waals surface area contributed by atoms with Gasteiger partial charge in [-0.15, -0.1) is 0 Å². The van der Waals surface area contributed by atoms with Crippen LogP contribution in [-0.2, 0) is 27.8 Å². The Bertz CT molecular complexity index is 983. The van der Waals surface area contributed by atoms with Gasteiger partial charge in [0.1, 0.15) is 0 Å². The molecule has 0 aromatic heterocycles. The maximum atomic E-state index is 12.8. The van der Waals surface area contributed by atoms with Gasteiger partial charge in [-0.3, -0.25) is 9.59 Å². The Balaban J connectivity index is 1.85. The summed E-state index contributed by atoms with van der Waals surface area (Å²) in [5.74, 6) is -0.752. The minimum atomic E-state index is -0.904. The van der Waals surface area contributed by atoms with E-state index in [-0.39, 0.29) is 24.8 Å². The minimum Gasteiger partial charge on any atom is -0.481 e. The molecule has 0 spiro atoms. The van der Waals surface area contributed by atoms with E-state index in [0.717, 1.165) is 34.6 Å². The number of hydrogen-bond donors (Lipinski definition) is 1. The lowest BCUT2D eigenvalue weighted by Gasteiger charge is -2.41. The summed E-state index contributed by atoms with van der Waals surface area (Å²) in [5, 5.41) is 9.71. The largest absolute Gasteiger partial charge is 0.481 e. The molecular formula is C26H30ClNO3. The molecule has 1 amide bonds. The van der Waals surface area contributed by atoms with E-state index in [1.807, 2.05) is 30.5 Å². The number of carboxylic acids is 1. The fourth-order valence-corrected chi connectivity index (χ4v) is 4.64. The summed E-state index contributed by atoms with van der Waals surface area (Å²) in [6.45, 7) is 6.48. The number of aryl methyl sites for hydroxylation is 2. The molecule has 164 valence electrons. The van der Waals surface area contributed by atoms with Crippen LogP contribution < -0.4 is 0 Å². The predicted octanol–water partition coefficient (Wildman–Crippen LogP) is 5.63. The highest BCUT2D eigenvalue weighted by Crippen LogP contribution is 2.43. The fourth-order valence-electron chi connectivity index (χ4n) is 4.37. The number of allylic oxidation sites excluding steroid dienone is 1. The summed E-state index contributed by atoms with van der Waals surface area (Å²) < 4.78 is 0. The maximum Gasteiger partial charge on any atom is 0.305 e. The summed E-state index contributed by atoms with van der Waals surface area (Å²) in [4.78, 5) is 25.3. The van der Waals surface area contributed by atoms with E-state index in [0.29, 0.717) is 6.42 Å². The van der Waals surface area contributed by atoms with Crippen molar-refractivity contribution in [3.63, 3.8) is 0 Å². The van der Waals surface area contributed by atoms with Gasteiger partial charge in [-0.2, -0.15) is 0 Å². The molecule has 0 fully saturated rings. The molecule has 1 heterocycles. The molecule has 1 N–H and O–H groups in total. The van der Waals surface area contributed by atoms with E-state index in [2.05, 4.69) is 45.0 Å². The van der Waals surface area contributed by atoms with E-state index >= 15 is 0 Å². The zero-order valence-corrected chi connectivity index (χ0v) is 19.2. The molecule has 0 saturated heterocycles. The van der Waals surface area contributed by atoms with Crippen molar-refractivity contribution in [2.24, 2.45) is 5.92 Å². The Morgan fingerprint density at radius 1 is 1.16 bits per heavy atom. The quantitative estimate of drug-likeness (QED) is 0.579. The summed E-state index contributed by atoms with van der Waals surface area (Å²) in [6.07, 6.45) is 3.87. The Hall–Kier alpha value is -2.59. The van der Waals surface area contributed by atoms with Crippen LogP contribution >= 0.6 is 11.6 Å². The monoisotopic (exact) mass is 439 g/mol. The zero-order valence-electron chi connectivity index (χ0n) is 18.4. The van der Waals surface area contributed by atoms with Crippen molar-refractivity contribution in [1.82, 2.24) is 4.90 Å². The lowest BCUT2D eigenvalue weighted by molar-refractivity contribution is -0.138. The molecule has 0 radical (unpaired) electrons. The Morgan fingerprint density at radius 2 is 1.87 bits per heavy atom. The maximum absolute atomic E-state index is 12.8. The number of rotatable bonds is 8. The van der Waals surface area contributed by atoms with Crippen molar-refractivity contribution >= 4 is 23.5 Å². The van der Waals surface area contributed by atoms with Crippen molar-refractivity contribution in [2.75, 3.05) is 6.54 Å². The topological polar surface area (TPSA) is 57.6 Å². The van der Waals surface area contributed by atoms with Gasteiger partial charge < -0.3 is 10.0 Å². The van der Waals surface area contributed by atoms with E-state index in [1.165, 1.54) is 5.56 Å². The lowest BCUT2D eigenvalue weighted by atomic mass is 9.68. The van der Waals surface area contributed by atoms with Crippen LogP contribution in [0, 0.1) is 5.92 Å². The van der Waals surface area contributed by atoms with Gasteiger partial charge >= 0.3 is 5.97 Å². The molecule has 0 saturated carbocycles. The highest BCUT2D eigenvalue weighted by Gasteiger charge is 2.40. The van der Waals surface area contributed by atoms with Gasteiger partial charge in [-0.1, -0.05) is 74.8 Å². The van der Waals surface area contributed by atoms with Crippen molar-refractivity contribution < 1.29 is 14.7 Å². The van der Waals surface area contributed by atoms with Gasteiger partial charge in [0.2, 0.25) is 5.91 Å². The molecule has 1 aliphatic heterocycles. The molecule has 0 aliphatic carbocycles. The van der Waals surface area contributed by atoms with Crippen molar-refractivity contribution in [3.05, 3.63) is 82.0 Å². The molecule has 5 heteroatoms. The van der Waals surface area contributed by atoms with Crippen LogP contribution in [0.5, 0.6) is 0 Å². The second kappa shape index (κ2) is 9.69. The van der Waals surface area contributed by atoms with Crippen LogP contribution in [0.3, 0.4) is 0 Å². The third-order valence-corrected chi connectivity index (χ3v) is 6.51. The molecule has 2 aromatic rings. The van der Waals surface area contributed by atoms with E-state index in [1.54, 1.807) is 4.90 Å². The second-order valence-corrected chi connectivity index (χ2v) is 9.18. The van der Waals surface area contributed by atoms with Gasteiger partial charge in [-0.05, 0) is 47.1 Å². The summed E-state index contributed by atoms with van der Waals surface area (Å²) in [6, 6.07) is 16.5. The average Bonchev–Trinajstić information content (AvgIpc) is 2.72. The fraction of sp³-hybridized carbons (Fsp3) is 0.385. The first-order chi connectivity index (χ1) is 14.7. The van der Waals surface area contributed by atoms with Gasteiger partial charge in [-0.25, -0.2) is 0 Å². The van der Waals surface area contributed by atoms with Crippen LogP contribution in [-0.4, -0.2) is 28.4 Å². The number of aliphatic carboxylic acids is 1. The van der Waals surface area contributed by atoms with Crippen molar-refractivity contribution in [3.8, 4) is 0 Å². The predicted molar refractivity (Wildman–Crippen MR) is 124 cm³/mol. The molecule has 2 aromatic carbocycles. The van der Waals surface area contributed by atoms with Crippen LogP contribution in [0.15, 0.2) is 60.3 Å². The Morgan fingerprint density at radius 3 is 2.48 bits per heavy atom. The van der Waals surface area contributed by atoms with Crippen LogP contribution in [0.1, 0.15) is 50.3 Å². The third-order valence-electron chi connectivity index (χ3n) is 6.16. The number of carboxylic acid groups (broad SMARTS) is 1. The van der Waals surface area contributed by atoms with Crippen LogP contribution in [0.25, 0.3) is 0 Å². The standard InChI is InChI=1S/C26H30ClNO3/c1-18(2)22-17-28(14-13-25(30)31)24(29)16-26(22,3)21-12-11-20(23(27)15-21)10-9-19-7-5-4-6-8-19/h4-8,11-12,15,17-18H,9-10,13-14,16H2,1-3H3,(H,30,31)/t26-/m1/s1. The van der Waals surface area contributed by atoms with E-state index in [9.17, 15) is 9.59 Å². The SMILES string of the molecule is CC(C)C1=CN(CCC(=O)O)C(=O)C[C@]1(C)c1ccc(CCc2ccccc2)c(Cl)c1. The van der Waals surface area contributed by atoms with E-state index < -0.39 is 11.4 Å². The molecule has 0 unspecified atom stereocenters. The van der Waals surface area contributed by atoms with Crippen molar-refractivity contribution in [1.29, 1.82) is 0 Å². The molecule has 3 rings (SSSR count). The van der Waals surface area contributed by atoms with Crippen LogP contribution in [0.2, 0.25) is 5.02 Å². The Labute approximate surface area is 189 Å². The van der Waals surface area contributed by atoms with Gasteiger partial charge in [0, 0.05) is 29.6 Å². The van der Waals surface area contributed by atoms with Gasteiger partial charge in [0.15, 0.2) is 0 Å². The summed E-state index contributed by atoms with van der Waals surface area (Å²) in [7, 11) is 0. The second-order valence-electron chi connectivity index (χ2n) is 8.77. The Kier molecular flexibility index (Phi) is 7.22. The lowest BCUT2D eigenvalue weighted by Crippen LogP contribution is -2.42. The highest BCUT2D eigenvalue weighted by atomic mass is 35.5. The van der Waals surface area contributed by atoms with Crippen molar-refractivity contribution in [2.45, 2.75) is 51.9 Å². The normalized spacial score (nSPS) is 18.9. The van der Waals surface area contributed by atoms with Gasteiger partial charge in [0.05, 0.1) is 6.42 Å². The number of nitrogens with zero attached hydrogens (tertiary/aromatic N) is 1. The summed E-state index contributed by atoms with van der Waals surface area (Å²) >= 11 is 6.67. The molecule has 1 aliphatic rings. The van der Waals surface area contributed by atoms with Gasteiger partial charge in [0.25, 0.3) is 0 Å². The molecule has 4 nitrogen and oxygen atoms in total. The molecule has 31 heavy (non-hydrogen) atoms. The van der Waals surface area contributed by atoms with E-state index in [4.69, 9.17) is 16.7 Å². The molecular weight excluding hydrogens is 410 g/mol. The first-order valence-corrected chi connectivity index (χ1v) is 11.1. The highest BCUT2D eigenvalue weighted by molar-refractivity contribution is 6.31. The number of halogens is 1. The number of carbonyl (C=O) groups excluding carboxylic acids is 1. The number of hydrogen-bond acceptors (Lipinski definition) is 2. The third kappa shape index (κ3) is 5.37. The number of carbonyl (C=O) groups is 2. The first kappa shape index (κ1) is 23.1.